The average Bonchev–Trinajstić information content (AvgIpc) is 2.96. The smallest absolute Gasteiger partial charge is 0.449 e. The number of nitrogens with one attached hydrogen (secondary N) is 1. The molecule has 0 fully saturated rings. The number of halogens is 1. The van der Waals surface area contributed by atoms with E-state index in [0.717, 1.165) is 11.3 Å². The molecule has 1 aromatic heterocycles. The zero-order valence-corrected chi connectivity index (χ0v) is 15.6. The molecule has 2 N–H and O–H groups in total. The zero-order chi connectivity index (χ0) is 19.6. The first kappa shape index (κ1) is 18.9. The molecule has 0 spiro atoms. The molecular formula is C18H14FNO5S2. The van der Waals surface area contributed by atoms with E-state index in [-0.39, 0.29) is 15.6 Å². The summed E-state index contributed by atoms with van der Waals surface area (Å²) in [6.45, 7) is 1.65. The lowest BCUT2D eigenvalue weighted by molar-refractivity contribution is 0.146. The van der Waals surface area contributed by atoms with Crippen LogP contribution in [0.25, 0.3) is 10.4 Å². The lowest BCUT2D eigenvalue weighted by Crippen LogP contribution is -2.15. The molecule has 3 rings (SSSR count). The fourth-order valence-electron chi connectivity index (χ4n) is 2.44. The van der Waals surface area contributed by atoms with Gasteiger partial charge in [-0.25, -0.2) is 17.6 Å². The topological polar surface area (TPSA) is 92.7 Å². The van der Waals surface area contributed by atoms with Crippen LogP contribution in [0, 0.1) is 12.7 Å². The summed E-state index contributed by atoms with van der Waals surface area (Å²) in [6.07, 6.45) is -1.58. The second kappa shape index (κ2) is 7.37. The van der Waals surface area contributed by atoms with E-state index in [0.29, 0.717) is 16.0 Å². The SMILES string of the molecule is Cc1ccccc1S(=O)(=O)Nc1cc(-c2cccc(F)c2)sc1OC(=O)O. The van der Waals surface area contributed by atoms with E-state index in [4.69, 9.17) is 9.84 Å². The first-order valence-corrected chi connectivity index (χ1v) is 9.95. The maximum atomic E-state index is 13.5. The van der Waals surface area contributed by atoms with Gasteiger partial charge in [-0.05, 0) is 42.3 Å². The van der Waals surface area contributed by atoms with E-state index in [1.165, 1.54) is 30.3 Å². The van der Waals surface area contributed by atoms with Crippen LogP contribution in [0.4, 0.5) is 14.9 Å². The number of anilines is 1. The van der Waals surface area contributed by atoms with Crippen molar-refractivity contribution in [1.29, 1.82) is 0 Å². The maximum Gasteiger partial charge on any atom is 0.512 e. The Morgan fingerprint density at radius 1 is 1.15 bits per heavy atom. The van der Waals surface area contributed by atoms with Crippen LogP contribution in [0.5, 0.6) is 5.06 Å². The van der Waals surface area contributed by atoms with Gasteiger partial charge in [-0.1, -0.05) is 41.7 Å². The van der Waals surface area contributed by atoms with Crippen molar-refractivity contribution in [2.75, 3.05) is 4.72 Å². The normalized spacial score (nSPS) is 11.2. The summed E-state index contributed by atoms with van der Waals surface area (Å²) < 4.78 is 45.9. The Morgan fingerprint density at radius 3 is 2.56 bits per heavy atom. The largest absolute Gasteiger partial charge is 0.512 e. The van der Waals surface area contributed by atoms with Gasteiger partial charge < -0.3 is 9.84 Å². The Hall–Kier alpha value is -2.91. The summed E-state index contributed by atoms with van der Waals surface area (Å²) in [7, 11) is -3.97. The van der Waals surface area contributed by atoms with E-state index in [9.17, 15) is 17.6 Å². The average molecular weight is 407 g/mol. The van der Waals surface area contributed by atoms with Crippen molar-refractivity contribution in [3.05, 3.63) is 66.0 Å². The highest BCUT2D eigenvalue weighted by molar-refractivity contribution is 7.92. The molecule has 0 amide bonds. The van der Waals surface area contributed by atoms with E-state index in [2.05, 4.69) is 4.72 Å². The molecule has 9 heteroatoms. The summed E-state index contributed by atoms with van der Waals surface area (Å²) in [6, 6.07) is 13.4. The summed E-state index contributed by atoms with van der Waals surface area (Å²) in [5.41, 5.74) is 0.966. The van der Waals surface area contributed by atoms with Gasteiger partial charge in [0.15, 0.2) is 0 Å². The van der Waals surface area contributed by atoms with Gasteiger partial charge >= 0.3 is 6.16 Å². The van der Waals surface area contributed by atoms with Crippen molar-refractivity contribution in [3.63, 3.8) is 0 Å². The van der Waals surface area contributed by atoms with Gasteiger partial charge in [0.1, 0.15) is 11.5 Å². The van der Waals surface area contributed by atoms with Crippen LogP contribution < -0.4 is 9.46 Å². The van der Waals surface area contributed by atoms with Gasteiger partial charge in [0, 0.05) is 4.88 Å². The fourth-order valence-corrected chi connectivity index (χ4v) is 4.76. The third kappa shape index (κ3) is 4.26. The summed E-state index contributed by atoms with van der Waals surface area (Å²) >= 11 is 0.893. The first-order chi connectivity index (χ1) is 12.8. The second-order valence-corrected chi connectivity index (χ2v) is 8.23. The van der Waals surface area contributed by atoms with Crippen LogP contribution >= 0.6 is 11.3 Å². The standard InChI is InChI=1S/C18H14FNO5S2/c1-11-5-2-3-8-16(11)27(23,24)20-14-10-15(26-17(14)25-18(21)22)12-6-4-7-13(19)9-12/h2-10,20H,1H3,(H,21,22). The molecule has 27 heavy (non-hydrogen) atoms. The van der Waals surface area contributed by atoms with Crippen LogP contribution in [-0.4, -0.2) is 19.7 Å². The van der Waals surface area contributed by atoms with Gasteiger partial charge in [0.25, 0.3) is 10.0 Å². The van der Waals surface area contributed by atoms with Crippen molar-refractivity contribution in [3.8, 4) is 15.5 Å². The van der Waals surface area contributed by atoms with Crippen LogP contribution in [0.3, 0.4) is 0 Å². The fraction of sp³-hybridized carbons (Fsp3) is 0.0556. The van der Waals surface area contributed by atoms with Crippen LogP contribution in [0.2, 0.25) is 0 Å². The molecule has 0 atom stereocenters. The molecule has 0 saturated carbocycles. The Balaban J connectivity index is 2.03. The molecule has 140 valence electrons. The predicted molar refractivity (Wildman–Crippen MR) is 100 cm³/mol. The highest BCUT2D eigenvalue weighted by Gasteiger charge is 2.22. The van der Waals surface area contributed by atoms with Crippen LogP contribution in [0.1, 0.15) is 5.56 Å². The van der Waals surface area contributed by atoms with Crippen molar-refractivity contribution < 1.29 is 27.4 Å². The summed E-state index contributed by atoms with van der Waals surface area (Å²) in [5.74, 6) is -0.469. The molecule has 0 saturated heterocycles. The summed E-state index contributed by atoms with van der Waals surface area (Å²) in [5, 5.41) is 8.77. The number of thiophene rings is 1. The number of aryl methyl sites for hydroxylation is 1. The number of benzene rings is 2. The van der Waals surface area contributed by atoms with Gasteiger partial charge in [-0.2, -0.15) is 0 Å². The van der Waals surface area contributed by atoms with E-state index < -0.39 is 22.0 Å². The van der Waals surface area contributed by atoms with Crippen molar-refractivity contribution in [1.82, 2.24) is 0 Å². The van der Waals surface area contributed by atoms with Crippen LogP contribution in [0.15, 0.2) is 59.5 Å². The highest BCUT2D eigenvalue weighted by atomic mass is 32.2. The lowest BCUT2D eigenvalue weighted by Gasteiger charge is -2.10. The summed E-state index contributed by atoms with van der Waals surface area (Å²) in [4.78, 5) is 11.5. The number of hydrogen-bond donors (Lipinski definition) is 2. The molecule has 0 unspecified atom stereocenters. The minimum absolute atomic E-state index is 0.0371. The van der Waals surface area contributed by atoms with E-state index >= 15 is 0 Å². The number of hydrogen-bond acceptors (Lipinski definition) is 5. The van der Waals surface area contributed by atoms with E-state index in [1.807, 2.05) is 0 Å². The van der Waals surface area contributed by atoms with Crippen molar-refractivity contribution >= 4 is 33.2 Å². The molecule has 6 nitrogen and oxygen atoms in total. The zero-order valence-electron chi connectivity index (χ0n) is 14.0. The van der Waals surface area contributed by atoms with Gasteiger partial charge in [-0.3, -0.25) is 4.72 Å². The molecule has 0 bridgehead atoms. The molecule has 3 aromatic rings. The van der Waals surface area contributed by atoms with Gasteiger partial charge in [0.2, 0.25) is 5.06 Å². The monoisotopic (exact) mass is 407 g/mol. The predicted octanol–water partition coefficient (Wildman–Crippen LogP) is 4.72. The molecular weight excluding hydrogens is 393 g/mol. The van der Waals surface area contributed by atoms with Crippen LogP contribution in [-0.2, 0) is 10.0 Å². The second-order valence-electron chi connectivity index (χ2n) is 5.56. The Bertz CT molecular complexity index is 1110. The lowest BCUT2D eigenvalue weighted by atomic mass is 10.2. The molecule has 1 heterocycles. The third-order valence-electron chi connectivity index (χ3n) is 3.61. The maximum absolute atomic E-state index is 13.5. The minimum atomic E-state index is -3.97. The third-order valence-corrected chi connectivity index (χ3v) is 6.20. The number of carbonyl (C=O) groups is 1. The first-order valence-electron chi connectivity index (χ1n) is 7.65. The van der Waals surface area contributed by atoms with Gasteiger partial charge in [-0.15, -0.1) is 0 Å². The Kier molecular flexibility index (Phi) is 5.15. The van der Waals surface area contributed by atoms with E-state index in [1.54, 1.807) is 31.2 Å². The quantitative estimate of drug-likeness (QED) is 0.597. The van der Waals surface area contributed by atoms with Crippen molar-refractivity contribution in [2.24, 2.45) is 0 Å². The number of carboxylic acid groups (broad SMARTS) is 1. The molecule has 2 aromatic carbocycles. The van der Waals surface area contributed by atoms with Gasteiger partial charge in [0.05, 0.1) is 4.90 Å². The molecule has 0 radical (unpaired) electrons. The number of ether oxygens (including phenoxy) is 1. The minimum Gasteiger partial charge on any atom is -0.449 e. The molecule has 0 aliphatic carbocycles. The molecule has 0 aliphatic heterocycles. The Labute approximate surface area is 158 Å². The number of rotatable bonds is 5. The molecule has 0 aliphatic rings. The number of sulfonamides is 1. The van der Waals surface area contributed by atoms with Crippen molar-refractivity contribution in [2.45, 2.75) is 11.8 Å². The Morgan fingerprint density at radius 2 is 1.89 bits per heavy atom. The highest BCUT2D eigenvalue weighted by Crippen LogP contribution is 2.42.